The third-order valence-corrected chi connectivity index (χ3v) is 4.53. The highest BCUT2D eigenvalue weighted by Gasteiger charge is 2.17. The van der Waals surface area contributed by atoms with E-state index in [0.29, 0.717) is 6.04 Å². The van der Waals surface area contributed by atoms with E-state index < -0.39 is 0 Å². The van der Waals surface area contributed by atoms with Crippen molar-refractivity contribution in [1.29, 1.82) is 0 Å². The van der Waals surface area contributed by atoms with Gasteiger partial charge in [0.15, 0.2) is 0 Å². The average Bonchev–Trinajstić information content (AvgIpc) is 2.62. The van der Waals surface area contributed by atoms with Gasteiger partial charge in [0, 0.05) is 11.8 Å². The number of thioether (sulfide) groups is 1. The molecule has 1 saturated heterocycles. The fourth-order valence-electron chi connectivity index (χ4n) is 2.08. The zero-order valence-corrected chi connectivity index (χ0v) is 12.1. The Balaban J connectivity index is 1.95. The molecule has 1 aromatic carbocycles. The molecule has 1 heterocycles. The largest absolute Gasteiger partial charge is 0.494 e. The van der Waals surface area contributed by atoms with Crippen LogP contribution >= 0.6 is 11.8 Å². The molecule has 0 radical (unpaired) electrons. The molecule has 0 aliphatic carbocycles. The molecule has 2 rings (SSSR count). The van der Waals surface area contributed by atoms with E-state index in [2.05, 4.69) is 55.2 Å². The fourth-order valence-corrected chi connectivity index (χ4v) is 3.28. The third-order valence-electron chi connectivity index (χ3n) is 3.15. The molecule has 1 N–H and O–H groups in total. The molecule has 2 atom stereocenters. The summed E-state index contributed by atoms with van der Waals surface area (Å²) in [6.07, 6.45) is 1.06. The Bertz CT molecular complexity index is 352. The Labute approximate surface area is 114 Å². The van der Waals surface area contributed by atoms with Crippen LogP contribution in [0.3, 0.4) is 0 Å². The summed E-state index contributed by atoms with van der Waals surface area (Å²) in [7, 11) is 0. The van der Waals surface area contributed by atoms with Crippen molar-refractivity contribution in [2.24, 2.45) is 5.92 Å². The van der Waals surface area contributed by atoms with E-state index in [9.17, 15) is 0 Å². The van der Waals surface area contributed by atoms with E-state index in [1.54, 1.807) is 0 Å². The number of hydrogen-bond acceptors (Lipinski definition) is 3. The van der Waals surface area contributed by atoms with Crippen LogP contribution in [-0.4, -0.2) is 24.7 Å². The monoisotopic (exact) mass is 265 g/mol. The van der Waals surface area contributed by atoms with Gasteiger partial charge >= 0.3 is 0 Å². The standard InChI is InChI=1S/C15H23NOS/c1-3-8-17-14-6-4-13(5-7-14)15-11-18-10-12(2)9-16-15/h4-7,12,15-16H,3,8-11H2,1-2H3. The summed E-state index contributed by atoms with van der Waals surface area (Å²) >= 11 is 2.05. The fraction of sp³-hybridized carbons (Fsp3) is 0.600. The minimum absolute atomic E-state index is 0.486. The van der Waals surface area contributed by atoms with Gasteiger partial charge in [-0.3, -0.25) is 0 Å². The van der Waals surface area contributed by atoms with Crippen LogP contribution in [0.4, 0.5) is 0 Å². The molecule has 1 fully saturated rings. The summed E-state index contributed by atoms with van der Waals surface area (Å²) in [5.41, 5.74) is 1.38. The molecule has 0 spiro atoms. The first-order valence-electron chi connectivity index (χ1n) is 6.83. The summed E-state index contributed by atoms with van der Waals surface area (Å²) in [5.74, 6) is 4.18. The summed E-state index contributed by atoms with van der Waals surface area (Å²) in [4.78, 5) is 0. The molecular weight excluding hydrogens is 242 g/mol. The van der Waals surface area contributed by atoms with Gasteiger partial charge in [-0.05, 0) is 42.3 Å². The van der Waals surface area contributed by atoms with Crippen LogP contribution in [0.15, 0.2) is 24.3 Å². The zero-order valence-electron chi connectivity index (χ0n) is 11.3. The third kappa shape index (κ3) is 3.92. The van der Waals surface area contributed by atoms with Crippen molar-refractivity contribution in [1.82, 2.24) is 5.32 Å². The van der Waals surface area contributed by atoms with Gasteiger partial charge < -0.3 is 10.1 Å². The molecule has 0 amide bonds. The first kappa shape index (κ1) is 13.8. The zero-order chi connectivity index (χ0) is 12.8. The Morgan fingerprint density at radius 1 is 1.28 bits per heavy atom. The van der Waals surface area contributed by atoms with Gasteiger partial charge in [-0.25, -0.2) is 0 Å². The molecule has 18 heavy (non-hydrogen) atoms. The van der Waals surface area contributed by atoms with Crippen molar-refractivity contribution in [3.63, 3.8) is 0 Å². The Hall–Kier alpha value is -0.670. The van der Waals surface area contributed by atoms with Crippen LogP contribution in [0.1, 0.15) is 31.9 Å². The van der Waals surface area contributed by atoms with Crippen LogP contribution in [0.2, 0.25) is 0 Å². The maximum Gasteiger partial charge on any atom is 0.119 e. The maximum absolute atomic E-state index is 5.61. The predicted molar refractivity (Wildman–Crippen MR) is 79.5 cm³/mol. The highest BCUT2D eigenvalue weighted by molar-refractivity contribution is 7.99. The molecule has 100 valence electrons. The van der Waals surface area contributed by atoms with E-state index in [0.717, 1.165) is 31.2 Å². The average molecular weight is 265 g/mol. The molecule has 1 aromatic rings. The predicted octanol–water partition coefficient (Wildman–Crippen LogP) is 3.49. The summed E-state index contributed by atoms with van der Waals surface area (Å²) < 4.78 is 5.61. The molecule has 2 unspecified atom stereocenters. The number of hydrogen-bond donors (Lipinski definition) is 1. The lowest BCUT2D eigenvalue weighted by atomic mass is 10.1. The second-order valence-electron chi connectivity index (χ2n) is 5.02. The molecule has 1 aliphatic rings. The van der Waals surface area contributed by atoms with Crippen LogP contribution < -0.4 is 10.1 Å². The van der Waals surface area contributed by atoms with Crippen LogP contribution in [-0.2, 0) is 0 Å². The van der Waals surface area contributed by atoms with E-state index in [1.165, 1.54) is 17.1 Å². The molecular formula is C15H23NOS. The van der Waals surface area contributed by atoms with Crippen molar-refractivity contribution in [3.05, 3.63) is 29.8 Å². The van der Waals surface area contributed by atoms with Gasteiger partial charge in [-0.2, -0.15) is 11.8 Å². The van der Waals surface area contributed by atoms with Crippen LogP contribution in [0, 0.1) is 5.92 Å². The van der Waals surface area contributed by atoms with Crippen LogP contribution in [0.25, 0.3) is 0 Å². The lowest BCUT2D eigenvalue weighted by molar-refractivity contribution is 0.317. The second kappa shape index (κ2) is 7.05. The first-order chi connectivity index (χ1) is 8.79. The smallest absolute Gasteiger partial charge is 0.119 e. The maximum atomic E-state index is 5.61. The minimum atomic E-state index is 0.486. The highest BCUT2D eigenvalue weighted by atomic mass is 32.2. The highest BCUT2D eigenvalue weighted by Crippen LogP contribution is 2.25. The van der Waals surface area contributed by atoms with E-state index >= 15 is 0 Å². The summed E-state index contributed by atoms with van der Waals surface area (Å²) in [6, 6.07) is 9.05. The quantitative estimate of drug-likeness (QED) is 0.900. The Morgan fingerprint density at radius 2 is 2.06 bits per heavy atom. The van der Waals surface area contributed by atoms with Gasteiger partial charge in [0.05, 0.1) is 6.61 Å². The van der Waals surface area contributed by atoms with Gasteiger partial charge in [0.1, 0.15) is 5.75 Å². The lowest BCUT2D eigenvalue weighted by Crippen LogP contribution is -2.25. The summed E-state index contributed by atoms with van der Waals surface area (Å²) in [5, 5.41) is 3.65. The van der Waals surface area contributed by atoms with Crippen molar-refractivity contribution < 1.29 is 4.74 Å². The summed E-state index contributed by atoms with van der Waals surface area (Å²) in [6.45, 7) is 6.35. The molecule has 0 bridgehead atoms. The number of ether oxygens (including phenoxy) is 1. The normalized spacial score (nSPS) is 24.6. The molecule has 2 nitrogen and oxygen atoms in total. The number of nitrogens with one attached hydrogen (secondary N) is 1. The molecule has 0 aromatic heterocycles. The van der Waals surface area contributed by atoms with Gasteiger partial charge in [-0.15, -0.1) is 0 Å². The van der Waals surface area contributed by atoms with E-state index in [1.807, 2.05) is 0 Å². The van der Waals surface area contributed by atoms with Crippen molar-refractivity contribution in [2.45, 2.75) is 26.3 Å². The topological polar surface area (TPSA) is 21.3 Å². The van der Waals surface area contributed by atoms with Crippen LogP contribution in [0.5, 0.6) is 5.75 Å². The lowest BCUT2D eigenvalue weighted by Gasteiger charge is -2.16. The SMILES string of the molecule is CCCOc1ccc(C2CSCC(C)CN2)cc1. The number of benzene rings is 1. The molecule has 0 saturated carbocycles. The van der Waals surface area contributed by atoms with Crippen molar-refractivity contribution in [2.75, 3.05) is 24.7 Å². The van der Waals surface area contributed by atoms with E-state index in [-0.39, 0.29) is 0 Å². The first-order valence-corrected chi connectivity index (χ1v) is 7.99. The minimum Gasteiger partial charge on any atom is -0.494 e. The Morgan fingerprint density at radius 3 is 2.78 bits per heavy atom. The van der Waals surface area contributed by atoms with Crippen molar-refractivity contribution in [3.8, 4) is 5.75 Å². The Kier molecular flexibility index (Phi) is 5.39. The second-order valence-corrected chi connectivity index (χ2v) is 6.10. The molecule has 1 aliphatic heterocycles. The van der Waals surface area contributed by atoms with E-state index in [4.69, 9.17) is 4.74 Å². The van der Waals surface area contributed by atoms with Gasteiger partial charge in [-0.1, -0.05) is 26.0 Å². The van der Waals surface area contributed by atoms with Gasteiger partial charge in [0.2, 0.25) is 0 Å². The van der Waals surface area contributed by atoms with Gasteiger partial charge in [0.25, 0.3) is 0 Å². The number of rotatable bonds is 4. The molecule has 3 heteroatoms. The van der Waals surface area contributed by atoms with Crippen molar-refractivity contribution >= 4 is 11.8 Å².